The van der Waals surface area contributed by atoms with E-state index in [9.17, 15) is 4.79 Å². The van der Waals surface area contributed by atoms with Crippen molar-refractivity contribution >= 4 is 5.91 Å². The van der Waals surface area contributed by atoms with Crippen LogP contribution in [0.3, 0.4) is 0 Å². The van der Waals surface area contributed by atoms with Crippen LogP contribution in [0.2, 0.25) is 0 Å². The van der Waals surface area contributed by atoms with Gasteiger partial charge in [-0.25, -0.2) is 0 Å². The van der Waals surface area contributed by atoms with Crippen LogP contribution < -0.4 is 5.73 Å². The number of carbonyl (C=O) groups is 1. The summed E-state index contributed by atoms with van der Waals surface area (Å²) < 4.78 is 0. The lowest BCUT2D eigenvalue weighted by Gasteiger charge is -2.24. The zero-order valence-electron chi connectivity index (χ0n) is 12.4. The molecule has 0 bridgehead atoms. The summed E-state index contributed by atoms with van der Waals surface area (Å²) in [6.07, 6.45) is 5.05. The summed E-state index contributed by atoms with van der Waals surface area (Å²) in [7, 11) is 0. The van der Waals surface area contributed by atoms with Crippen LogP contribution in [0.25, 0.3) is 0 Å². The molecule has 2 atom stereocenters. The van der Waals surface area contributed by atoms with Crippen LogP contribution in [-0.4, -0.2) is 29.9 Å². The molecule has 0 radical (unpaired) electrons. The van der Waals surface area contributed by atoms with Gasteiger partial charge in [0.15, 0.2) is 0 Å². The van der Waals surface area contributed by atoms with Gasteiger partial charge in [0, 0.05) is 13.1 Å². The molecule has 1 amide bonds. The molecule has 0 aliphatic carbocycles. The first kappa shape index (κ1) is 15.0. The minimum Gasteiger partial charge on any atom is -0.341 e. The van der Waals surface area contributed by atoms with Gasteiger partial charge in [-0.15, -0.1) is 0 Å². The van der Waals surface area contributed by atoms with E-state index in [-0.39, 0.29) is 11.9 Å². The monoisotopic (exact) mass is 274 g/mol. The molecule has 1 heterocycles. The molecule has 110 valence electrons. The van der Waals surface area contributed by atoms with Crippen LogP contribution in [0.15, 0.2) is 30.3 Å². The number of hydrogen-bond acceptors (Lipinski definition) is 2. The van der Waals surface area contributed by atoms with Gasteiger partial charge in [-0.3, -0.25) is 4.79 Å². The van der Waals surface area contributed by atoms with E-state index >= 15 is 0 Å². The molecule has 0 spiro atoms. The van der Waals surface area contributed by atoms with Gasteiger partial charge in [-0.1, -0.05) is 37.3 Å². The minimum absolute atomic E-state index is 0.134. The Balaban J connectivity index is 1.82. The lowest BCUT2D eigenvalue weighted by atomic mass is 10.0. The molecular formula is C17H26N2O. The molecule has 1 aromatic carbocycles. The van der Waals surface area contributed by atoms with Crippen molar-refractivity contribution in [2.24, 2.45) is 11.7 Å². The van der Waals surface area contributed by atoms with Crippen molar-refractivity contribution in [1.29, 1.82) is 0 Å². The number of likely N-dealkylation sites (tertiary alicyclic amines) is 1. The maximum absolute atomic E-state index is 12.4. The average molecular weight is 274 g/mol. The quantitative estimate of drug-likeness (QED) is 0.917. The highest BCUT2D eigenvalue weighted by atomic mass is 16.2. The molecular weight excluding hydrogens is 248 g/mol. The van der Waals surface area contributed by atoms with Crippen molar-refractivity contribution in [3.8, 4) is 0 Å². The van der Waals surface area contributed by atoms with E-state index in [4.69, 9.17) is 5.73 Å². The maximum Gasteiger partial charge on any atom is 0.239 e. The van der Waals surface area contributed by atoms with E-state index in [0.717, 1.165) is 44.7 Å². The summed E-state index contributed by atoms with van der Waals surface area (Å²) in [6, 6.07) is 9.88. The van der Waals surface area contributed by atoms with Crippen LogP contribution in [0, 0.1) is 5.92 Å². The van der Waals surface area contributed by atoms with Crippen molar-refractivity contribution in [2.45, 2.75) is 45.1 Å². The fraction of sp³-hybridized carbons (Fsp3) is 0.588. The molecule has 2 unspecified atom stereocenters. The Morgan fingerprint density at radius 3 is 2.80 bits per heavy atom. The molecule has 1 aliphatic rings. The molecule has 3 heteroatoms. The third-order valence-electron chi connectivity index (χ3n) is 4.23. The lowest BCUT2D eigenvalue weighted by molar-refractivity contribution is -0.132. The van der Waals surface area contributed by atoms with Crippen molar-refractivity contribution in [1.82, 2.24) is 4.90 Å². The Morgan fingerprint density at radius 1 is 1.30 bits per heavy atom. The first-order chi connectivity index (χ1) is 9.66. The summed E-state index contributed by atoms with van der Waals surface area (Å²) in [5.41, 5.74) is 7.34. The maximum atomic E-state index is 12.4. The Bertz CT molecular complexity index is 418. The fourth-order valence-electron chi connectivity index (χ4n) is 2.81. The van der Waals surface area contributed by atoms with Crippen LogP contribution in [-0.2, 0) is 11.2 Å². The molecule has 1 aliphatic heterocycles. The number of carbonyl (C=O) groups excluding carboxylic acids is 1. The number of amides is 1. The van der Waals surface area contributed by atoms with Gasteiger partial charge >= 0.3 is 0 Å². The van der Waals surface area contributed by atoms with Crippen molar-refractivity contribution in [3.63, 3.8) is 0 Å². The van der Waals surface area contributed by atoms with Crippen molar-refractivity contribution in [2.75, 3.05) is 13.1 Å². The molecule has 0 saturated carbocycles. The summed E-state index contributed by atoms with van der Waals surface area (Å²) in [5, 5.41) is 0. The zero-order chi connectivity index (χ0) is 14.4. The highest BCUT2D eigenvalue weighted by Gasteiger charge is 2.23. The van der Waals surface area contributed by atoms with E-state index in [0.29, 0.717) is 0 Å². The second-order valence-electron chi connectivity index (χ2n) is 5.99. The van der Waals surface area contributed by atoms with Gasteiger partial charge in [0.25, 0.3) is 0 Å². The predicted molar refractivity (Wildman–Crippen MR) is 82.3 cm³/mol. The molecule has 1 saturated heterocycles. The van der Waals surface area contributed by atoms with Crippen molar-refractivity contribution < 1.29 is 4.79 Å². The molecule has 3 nitrogen and oxygen atoms in total. The number of rotatable bonds is 4. The number of aryl methyl sites for hydroxylation is 1. The third-order valence-corrected chi connectivity index (χ3v) is 4.23. The Labute approximate surface area is 122 Å². The highest BCUT2D eigenvalue weighted by molar-refractivity contribution is 5.81. The van der Waals surface area contributed by atoms with Gasteiger partial charge < -0.3 is 10.6 Å². The Hall–Kier alpha value is -1.35. The van der Waals surface area contributed by atoms with E-state index in [1.165, 1.54) is 12.0 Å². The number of hydrogen-bond donors (Lipinski definition) is 1. The summed E-state index contributed by atoms with van der Waals surface area (Å²) >= 11 is 0. The van der Waals surface area contributed by atoms with Gasteiger partial charge in [0.2, 0.25) is 5.91 Å². The Kier molecular flexibility index (Phi) is 5.60. The largest absolute Gasteiger partial charge is 0.341 e. The summed E-state index contributed by atoms with van der Waals surface area (Å²) in [5.74, 6) is 0.864. The fourth-order valence-corrected chi connectivity index (χ4v) is 2.81. The van der Waals surface area contributed by atoms with E-state index in [1.54, 1.807) is 0 Å². The van der Waals surface area contributed by atoms with Crippen molar-refractivity contribution in [3.05, 3.63) is 35.9 Å². The SMILES string of the molecule is CC1CCCN(C(=O)C(N)CCc2ccccc2)CC1. The topological polar surface area (TPSA) is 46.3 Å². The van der Waals surface area contributed by atoms with Crippen LogP contribution in [0.4, 0.5) is 0 Å². The van der Waals surface area contributed by atoms with Gasteiger partial charge in [-0.05, 0) is 43.6 Å². The first-order valence-electron chi connectivity index (χ1n) is 7.75. The molecule has 2 rings (SSSR count). The molecule has 2 N–H and O–H groups in total. The molecule has 1 aromatic rings. The van der Waals surface area contributed by atoms with Crippen LogP contribution >= 0.6 is 0 Å². The standard InChI is InChI=1S/C17H26N2O/c1-14-6-5-12-19(13-11-14)17(20)16(18)10-9-15-7-3-2-4-8-15/h2-4,7-8,14,16H,5-6,9-13,18H2,1H3. The number of benzene rings is 1. The number of nitrogens with two attached hydrogens (primary N) is 1. The minimum atomic E-state index is -0.358. The Morgan fingerprint density at radius 2 is 2.05 bits per heavy atom. The zero-order valence-corrected chi connectivity index (χ0v) is 12.4. The first-order valence-corrected chi connectivity index (χ1v) is 7.75. The van der Waals surface area contributed by atoms with E-state index < -0.39 is 0 Å². The normalized spacial score (nSPS) is 21.3. The number of nitrogens with zero attached hydrogens (tertiary/aromatic N) is 1. The summed E-state index contributed by atoms with van der Waals surface area (Å²) in [6.45, 7) is 4.02. The van der Waals surface area contributed by atoms with Gasteiger partial charge in [0.1, 0.15) is 0 Å². The summed E-state index contributed by atoms with van der Waals surface area (Å²) in [4.78, 5) is 14.4. The third kappa shape index (κ3) is 4.34. The second kappa shape index (κ2) is 7.44. The highest BCUT2D eigenvalue weighted by Crippen LogP contribution is 2.17. The van der Waals surface area contributed by atoms with Gasteiger partial charge in [-0.2, -0.15) is 0 Å². The molecule has 1 fully saturated rings. The van der Waals surface area contributed by atoms with E-state index in [1.807, 2.05) is 23.1 Å². The average Bonchev–Trinajstić information content (AvgIpc) is 2.70. The van der Waals surface area contributed by atoms with E-state index in [2.05, 4.69) is 19.1 Å². The molecule has 20 heavy (non-hydrogen) atoms. The van der Waals surface area contributed by atoms with Crippen LogP contribution in [0.5, 0.6) is 0 Å². The lowest BCUT2D eigenvalue weighted by Crippen LogP contribution is -2.44. The molecule has 0 aromatic heterocycles. The second-order valence-corrected chi connectivity index (χ2v) is 5.99. The van der Waals surface area contributed by atoms with Gasteiger partial charge in [0.05, 0.1) is 6.04 Å². The van der Waals surface area contributed by atoms with Crippen LogP contribution in [0.1, 0.15) is 38.2 Å². The predicted octanol–water partition coefficient (Wildman–Crippen LogP) is 2.60. The smallest absolute Gasteiger partial charge is 0.239 e.